The summed E-state index contributed by atoms with van der Waals surface area (Å²) in [4.78, 5) is 2.03. The van der Waals surface area contributed by atoms with Gasteiger partial charge in [0.15, 0.2) is 0 Å². The van der Waals surface area contributed by atoms with Gasteiger partial charge in [-0.05, 0) is 40.8 Å². The predicted molar refractivity (Wildman–Crippen MR) is 83.0 cm³/mol. The summed E-state index contributed by atoms with van der Waals surface area (Å²) in [5, 5.41) is 5.20. The van der Waals surface area contributed by atoms with Crippen LogP contribution in [0.2, 0.25) is 0 Å². The standard InChI is InChI=1S/C14H15F3IN3/c15-10-1-2-12-11(9-10)13(18)19-21(12)8-7-20-5-3-14(16,17)4-6-20/h1-2,9H,3-8H2. The zero-order valence-electron chi connectivity index (χ0n) is 11.3. The Balaban J connectivity index is 1.69. The van der Waals surface area contributed by atoms with Crippen molar-refractivity contribution in [3.05, 3.63) is 27.7 Å². The Bertz CT molecular complexity index is 646. The van der Waals surface area contributed by atoms with Crippen molar-refractivity contribution in [2.24, 2.45) is 0 Å². The molecule has 0 aliphatic carbocycles. The number of halogens is 4. The third-order valence-corrected chi connectivity index (χ3v) is 4.68. The van der Waals surface area contributed by atoms with E-state index in [0.29, 0.717) is 26.2 Å². The van der Waals surface area contributed by atoms with E-state index in [1.165, 1.54) is 12.1 Å². The second-order valence-electron chi connectivity index (χ2n) is 5.37. The van der Waals surface area contributed by atoms with Crippen LogP contribution in [0.3, 0.4) is 0 Å². The van der Waals surface area contributed by atoms with E-state index in [1.54, 1.807) is 6.07 Å². The zero-order valence-corrected chi connectivity index (χ0v) is 13.5. The lowest BCUT2D eigenvalue weighted by atomic mass is 10.1. The topological polar surface area (TPSA) is 21.1 Å². The number of rotatable bonds is 3. The van der Waals surface area contributed by atoms with Crippen LogP contribution in [0.25, 0.3) is 10.9 Å². The van der Waals surface area contributed by atoms with Crippen molar-refractivity contribution in [1.29, 1.82) is 0 Å². The number of nitrogens with zero attached hydrogens (tertiary/aromatic N) is 3. The van der Waals surface area contributed by atoms with Crippen molar-refractivity contribution in [2.45, 2.75) is 25.3 Å². The van der Waals surface area contributed by atoms with E-state index in [4.69, 9.17) is 0 Å². The molecule has 2 heterocycles. The van der Waals surface area contributed by atoms with Gasteiger partial charge in [-0.2, -0.15) is 5.10 Å². The van der Waals surface area contributed by atoms with Crippen molar-refractivity contribution < 1.29 is 13.2 Å². The van der Waals surface area contributed by atoms with E-state index < -0.39 is 5.92 Å². The van der Waals surface area contributed by atoms with E-state index in [9.17, 15) is 13.2 Å². The minimum absolute atomic E-state index is 0.0738. The van der Waals surface area contributed by atoms with Crippen LogP contribution in [-0.4, -0.2) is 40.2 Å². The van der Waals surface area contributed by atoms with Gasteiger partial charge >= 0.3 is 0 Å². The molecule has 1 aromatic carbocycles. The Morgan fingerprint density at radius 1 is 1.19 bits per heavy atom. The maximum Gasteiger partial charge on any atom is 0.250 e. The van der Waals surface area contributed by atoms with Crippen LogP contribution in [0, 0.1) is 9.52 Å². The van der Waals surface area contributed by atoms with Gasteiger partial charge < -0.3 is 4.90 Å². The number of likely N-dealkylation sites (tertiary alicyclic amines) is 1. The normalized spacial score (nSPS) is 19.2. The molecule has 2 aromatic rings. The fraction of sp³-hybridized carbons (Fsp3) is 0.500. The van der Waals surface area contributed by atoms with Crippen molar-refractivity contribution in [3.8, 4) is 0 Å². The van der Waals surface area contributed by atoms with Crippen LogP contribution in [0.15, 0.2) is 18.2 Å². The Kier molecular flexibility index (Phi) is 4.13. The summed E-state index contributed by atoms with van der Waals surface area (Å²) in [6.07, 6.45) is -0.148. The quantitative estimate of drug-likeness (QED) is 0.724. The number of fused-ring (bicyclic) bond motifs is 1. The average Bonchev–Trinajstić information content (AvgIpc) is 2.74. The lowest BCUT2D eigenvalue weighted by Gasteiger charge is -2.31. The van der Waals surface area contributed by atoms with Crippen molar-refractivity contribution in [1.82, 2.24) is 14.7 Å². The first-order valence-corrected chi connectivity index (χ1v) is 7.94. The molecule has 1 fully saturated rings. The van der Waals surface area contributed by atoms with Gasteiger partial charge in [0.05, 0.1) is 12.1 Å². The molecule has 21 heavy (non-hydrogen) atoms. The molecule has 3 rings (SSSR count). The summed E-state index contributed by atoms with van der Waals surface area (Å²) < 4.78 is 42.1. The van der Waals surface area contributed by atoms with E-state index in [2.05, 4.69) is 27.7 Å². The third-order valence-electron chi connectivity index (χ3n) is 3.88. The minimum Gasteiger partial charge on any atom is -0.301 e. The van der Waals surface area contributed by atoms with Crippen molar-refractivity contribution >= 4 is 33.5 Å². The van der Waals surface area contributed by atoms with Crippen LogP contribution < -0.4 is 0 Å². The molecule has 0 N–H and O–H groups in total. The van der Waals surface area contributed by atoms with Crippen LogP contribution >= 0.6 is 22.6 Å². The van der Waals surface area contributed by atoms with Gasteiger partial charge in [-0.25, -0.2) is 13.2 Å². The summed E-state index contributed by atoms with van der Waals surface area (Å²) in [6, 6.07) is 4.60. The van der Waals surface area contributed by atoms with Crippen molar-refractivity contribution in [3.63, 3.8) is 0 Å². The van der Waals surface area contributed by atoms with E-state index >= 15 is 0 Å². The number of hydrogen-bond donors (Lipinski definition) is 0. The molecule has 0 saturated carbocycles. The molecular formula is C14H15F3IN3. The van der Waals surface area contributed by atoms with Gasteiger partial charge in [-0.1, -0.05) is 0 Å². The third kappa shape index (κ3) is 3.33. The first-order valence-electron chi connectivity index (χ1n) is 6.86. The molecule has 0 radical (unpaired) electrons. The maximum atomic E-state index is 13.3. The molecule has 3 nitrogen and oxygen atoms in total. The van der Waals surface area contributed by atoms with Crippen molar-refractivity contribution in [2.75, 3.05) is 19.6 Å². The number of piperidine rings is 1. The first-order chi connectivity index (χ1) is 9.94. The Labute approximate surface area is 134 Å². The van der Waals surface area contributed by atoms with E-state index in [1.807, 2.05) is 9.58 Å². The zero-order chi connectivity index (χ0) is 15.0. The summed E-state index contributed by atoms with van der Waals surface area (Å²) in [7, 11) is 0. The highest BCUT2D eigenvalue weighted by Crippen LogP contribution is 2.27. The fourth-order valence-electron chi connectivity index (χ4n) is 2.62. The number of benzene rings is 1. The highest BCUT2D eigenvalue weighted by atomic mass is 127. The molecule has 1 aliphatic heterocycles. The van der Waals surface area contributed by atoms with Gasteiger partial charge in [-0.15, -0.1) is 0 Å². The Morgan fingerprint density at radius 3 is 2.62 bits per heavy atom. The molecule has 114 valence electrons. The number of aromatic nitrogens is 2. The lowest BCUT2D eigenvalue weighted by Crippen LogP contribution is -2.40. The molecule has 0 amide bonds. The highest BCUT2D eigenvalue weighted by Gasteiger charge is 2.33. The fourth-order valence-corrected chi connectivity index (χ4v) is 3.32. The minimum atomic E-state index is -2.51. The molecular weight excluding hydrogens is 394 g/mol. The molecule has 1 aliphatic rings. The van der Waals surface area contributed by atoms with Gasteiger partial charge in [0, 0.05) is 37.9 Å². The number of hydrogen-bond acceptors (Lipinski definition) is 2. The smallest absolute Gasteiger partial charge is 0.250 e. The SMILES string of the molecule is Fc1ccc2c(c1)c(I)nn2CCN1CCC(F)(F)CC1. The van der Waals surface area contributed by atoms with E-state index in [0.717, 1.165) is 14.6 Å². The van der Waals surface area contributed by atoms with Crippen LogP contribution in [0.4, 0.5) is 13.2 Å². The Hall–Kier alpha value is -0.830. The predicted octanol–water partition coefficient (Wildman–Crippen LogP) is 3.51. The summed E-state index contributed by atoms with van der Waals surface area (Å²) in [5.74, 6) is -2.79. The van der Waals surface area contributed by atoms with Gasteiger partial charge in [-0.3, -0.25) is 4.68 Å². The lowest BCUT2D eigenvalue weighted by molar-refractivity contribution is -0.0555. The Morgan fingerprint density at radius 2 is 1.90 bits per heavy atom. The van der Waals surface area contributed by atoms with Gasteiger partial charge in [0.2, 0.25) is 0 Å². The highest BCUT2D eigenvalue weighted by molar-refractivity contribution is 14.1. The van der Waals surface area contributed by atoms with Crippen LogP contribution in [-0.2, 0) is 6.54 Å². The first kappa shape index (κ1) is 15.1. The maximum absolute atomic E-state index is 13.3. The second kappa shape index (κ2) is 5.75. The van der Waals surface area contributed by atoms with E-state index in [-0.39, 0.29) is 18.7 Å². The average molecular weight is 409 g/mol. The summed E-state index contributed by atoms with van der Waals surface area (Å²) >= 11 is 2.08. The molecule has 0 atom stereocenters. The van der Waals surface area contributed by atoms with Crippen LogP contribution in [0.1, 0.15) is 12.8 Å². The molecule has 0 unspecified atom stereocenters. The van der Waals surface area contributed by atoms with Crippen LogP contribution in [0.5, 0.6) is 0 Å². The van der Waals surface area contributed by atoms with Gasteiger partial charge in [0.1, 0.15) is 9.52 Å². The molecule has 7 heteroatoms. The molecule has 0 spiro atoms. The monoisotopic (exact) mass is 409 g/mol. The molecule has 0 bridgehead atoms. The number of alkyl halides is 2. The molecule has 1 saturated heterocycles. The summed E-state index contributed by atoms with van der Waals surface area (Å²) in [5.41, 5.74) is 0.878. The summed E-state index contributed by atoms with van der Waals surface area (Å²) in [6.45, 7) is 2.13. The van der Waals surface area contributed by atoms with Gasteiger partial charge in [0.25, 0.3) is 5.92 Å². The largest absolute Gasteiger partial charge is 0.301 e. The second-order valence-corrected chi connectivity index (χ2v) is 6.39. The molecule has 1 aromatic heterocycles.